The number of nitrogens with zero attached hydrogens (tertiary/aromatic N) is 1. The molecule has 0 aliphatic carbocycles. The standard InChI is InChI=1S/C16H12BrNO4/c1-21-16(20)12-7-4-11(5-8-12)6-9-14(19)22-13-3-2-10-18-15(13)17/h2-10H,1H3. The van der Waals surface area contributed by atoms with Crippen molar-refractivity contribution in [3.05, 3.63) is 64.4 Å². The molecular weight excluding hydrogens is 350 g/mol. The minimum Gasteiger partial charge on any atom is -0.465 e. The molecule has 22 heavy (non-hydrogen) atoms. The Hall–Kier alpha value is -2.47. The molecule has 112 valence electrons. The zero-order chi connectivity index (χ0) is 15.9. The minimum absolute atomic E-state index is 0.346. The Morgan fingerprint density at radius 1 is 1.18 bits per heavy atom. The van der Waals surface area contributed by atoms with Gasteiger partial charge >= 0.3 is 11.9 Å². The summed E-state index contributed by atoms with van der Waals surface area (Å²) in [6.07, 6.45) is 4.47. The van der Waals surface area contributed by atoms with Gasteiger partial charge in [-0.1, -0.05) is 12.1 Å². The predicted molar refractivity (Wildman–Crippen MR) is 84.4 cm³/mol. The Morgan fingerprint density at radius 3 is 2.55 bits per heavy atom. The zero-order valence-corrected chi connectivity index (χ0v) is 13.2. The van der Waals surface area contributed by atoms with Crippen LogP contribution in [0.15, 0.2) is 53.3 Å². The Morgan fingerprint density at radius 2 is 1.91 bits per heavy atom. The topological polar surface area (TPSA) is 65.5 Å². The Labute approximate surface area is 135 Å². The molecule has 0 saturated heterocycles. The smallest absolute Gasteiger partial charge is 0.337 e. The van der Waals surface area contributed by atoms with Crippen LogP contribution in [0.1, 0.15) is 15.9 Å². The number of carbonyl (C=O) groups is 2. The first-order valence-electron chi connectivity index (χ1n) is 6.29. The summed E-state index contributed by atoms with van der Waals surface area (Å²) >= 11 is 3.19. The van der Waals surface area contributed by atoms with E-state index in [0.29, 0.717) is 15.9 Å². The number of benzene rings is 1. The SMILES string of the molecule is COC(=O)c1ccc(C=CC(=O)Oc2cccnc2Br)cc1. The van der Waals surface area contributed by atoms with E-state index in [4.69, 9.17) is 4.74 Å². The molecule has 0 spiro atoms. The van der Waals surface area contributed by atoms with Gasteiger partial charge in [0.05, 0.1) is 12.7 Å². The van der Waals surface area contributed by atoms with Crippen LogP contribution in [0.3, 0.4) is 0 Å². The van der Waals surface area contributed by atoms with Crippen molar-refractivity contribution in [3.8, 4) is 5.75 Å². The van der Waals surface area contributed by atoms with Crippen molar-refractivity contribution in [2.75, 3.05) is 7.11 Å². The summed E-state index contributed by atoms with van der Waals surface area (Å²) in [7, 11) is 1.32. The highest BCUT2D eigenvalue weighted by atomic mass is 79.9. The molecule has 2 rings (SSSR count). The highest BCUT2D eigenvalue weighted by Crippen LogP contribution is 2.21. The molecule has 1 heterocycles. The van der Waals surface area contributed by atoms with Gasteiger partial charge in [-0.3, -0.25) is 0 Å². The third-order valence-corrected chi connectivity index (χ3v) is 3.27. The molecule has 0 saturated carbocycles. The van der Waals surface area contributed by atoms with Crippen LogP contribution < -0.4 is 4.74 Å². The van der Waals surface area contributed by atoms with Crippen molar-refractivity contribution in [2.45, 2.75) is 0 Å². The molecule has 0 N–H and O–H groups in total. The lowest BCUT2D eigenvalue weighted by Gasteiger charge is -2.02. The Kier molecular flexibility index (Phi) is 5.43. The number of halogens is 1. The van der Waals surface area contributed by atoms with Crippen LogP contribution in [0.2, 0.25) is 0 Å². The number of hydrogen-bond donors (Lipinski definition) is 0. The summed E-state index contributed by atoms with van der Waals surface area (Å²) in [6.45, 7) is 0. The normalized spacial score (nSPS) is 10.5. The zero-order valence-electron chi connectivity index (χ0n) is 11.7. The van der Waals surface area contributed by atoms with E-state index < -0.39 is 11.9 Å². The number of hydrogen-bond acceptors (Lipinski definition) is 5. The van der Waals surface area contributed by atoms with Gasteiger partial charge in [0.2, 0.25) is 0 Å². The van der Waals surface area contributed by atoms with E-state index in [0.717, 1.165) is 5.56 Å². The van der Waals surface area contributed by atoms with E-state index >= 15 is 0 Å². The van der Waals surface area contributed by atoms with Crippen LogP contribution in [-0.2, 0) is 9.53 Å². The van der Waals surface area contributed by atoms with Gasteiger partial charge in [-0.15, -0.1) is 0 Å². The van der Waals surface area contributed by atoms with Gasteiger partial charge in [0, 0.05) is 12.3 Å². The van der Waals surface area contributed by atoms with Gasteiger partial charge in [-0.2, -0.15) is 0 Å². The molecule has 6 heteroatoms. The van der Waals surface area contributed by atoms with Crippen molar-refractivity contribution < 1.29 is 19.1 Å². The van der Waals surface area contributed by atoms with E-state index in [-0.39, 0.29) is 0 Å². The average molecular weight is 362 g/mol. The predicted octanol–water partition coefficient (Wildman–Crippen LogP) is 3.25. The summed E-state index contributed by atoms with van der Waals surface area (Å²) in [4.78, 5) is 27.0. The third-order valence-electron chi connectivity index (χ3n) is 2.68. The lowest BCUT2D eigenvalue weighted by Crippen LogP contribution is -2.04. The van der Waals surface area contributed by atoms with E-state index in [9.17, 15) is 9.59 Å². The van der Waals surface area contributed by atoms with Crippen LogP contribution >= 0.6 is 15.9 Å². The van der Waals surface area contributed by atoms with Gasteiger partial charge < -0.3 is 9.47 Å². The average Bonchev–Trinajstić information content (AvgIpc) is 2.55. The van der Waals surface area contributed by atoms with E-state index in [1.807, 2.05) is 0 Å². The van der Waals surface area contributed by atoms with E-state index in [1.54, 1.807) is 48.7 Å². The van der Waals surface area contributed by atoms with Crippen LogP contribution in [0, 0.1) is 0 Å². The van der Waals surface area contributed by atoms with Crippen molar-refractivity contribution >= 4 is 33.9 Å². The molecule has 2 aromatic rings. The summed E-state index contributed by atoms with van der Waals surface area (Å²) in [6, 6.07) is 9.95. The van der Waals surface area contributed by atoms with E-state index in [1.165, 1.54) is 13.2 Å². The van der Waals surface area contributed by atoms with E-state index in [2.05, 4.69) is 25.7 Å². The molecular formula is C16H12BrNO4. The molecule has 0 amide bonds. The Balaban J connectivity index is 2.01. The number of pyridine rings is 1. The van der Waals surface area contributed by atoms with Gasteiger partial charge in [-0.05, 0) is 51.8 Å². The second-order valence-electron chi connectivity index (χ2n) is 4.16. The molecule has 0 aliphatic rings. The van der Waals surface area contributed by atoms with Crippen molar-refractivity contribution in [1.29, 1.82) is 0 Å². The number of carbonyl (C=O) groups excluding carboxylic acids is 2. The minimum atomic E-state index is -0.522. The summed E-state index contributed by atoms with van der Waals surface area (Å²) in [5, 5.41) is 0. The van der Waals surface area contributed by atoms with Crippen LogP contribution in [-0.4, -0.2) is 24.0 Å². The number of rotatable bonds is 4. The number of esters is 2. The number of ether oxygens (including phenoxy) is 2. The third kappa shape index (κ3) is 4.26. The number of aromatic nitrogens is 1. The summed E-state index contributed by atoms with van der Waals surface area (Å²) in [5.41, 5.74) is 1.20. The molecule has 0 bridgehead atoms. The quantitative estimate of drug-likeness (QED) is 0.475. The maximum Gasteiger partial charge on any atom is 0.337 e. The second kappa shape index (κ2) is 7.51. The molecule has 1 aromatic carbocycles. The first-order chi connectivity index (χ1) is 10.6. The summed E-state index contributed by atoms with van der Waals surface area (Å²) in [5.74, 6) is -0.583. The van der Waals surface area contributed by atoms with Crippen LogP contribution in [0.4, 0.5) is 0 Å². The van der Waals surface area contributed by atoms with Gasteiger partial charge in [0.15, 0.2) is 5.75 Å². The molecule has 1 aromatic heterocycles. The Bertz CT molecular complexity index is 710. The van der Waals surface area contributed by atoms with Crippen molar-refractivity contribution in [2.24, 2.45) is 0 Å². The lowest BCUT2D eigenvalue weighted by atomic mass is 10.1. The lowest BCUT2D eigenvalue weighted by molar-refractivity contribution is -0.128. The molecule has 0 aliphatic heterocycles. The fourth-order valence-corrected chi connectivity index (χ4v) is 1.93. The van der Waals surface area contributed by atoms with Crippen LogP contribution in [0.25, 0.3) is 6.08 Å². The first-order valence-corrected chi connectivity index (χ1v) is 7.08. The number of methoxy groups -OCH3 is 1. The highest BCUT2D eigenvalue weighted by Gasteiger charge is 2.06. The van der Waals surface area contributed by atoms with Gasteiger partial charge in [-0.25, -0.2) is 14.6 Å². The first kappa shape index (κ1) is 15.9. The molecule has 0 fully saturated rings. The largest absolute Gasteiger partial charge is 0.465 e. The maximum atomic E-state index is 11.7. The molecule has 0 radical (unpaired) electrons. The second-order valence-corrected chi connectivity index (χ2v) is 4.91. The molecule has 5 nitrogen and oxygen atoms in total. The maximum absolute atomic E-state index is 11.7. The van der Waals surface area contributed by atoms with Gasteiger partial charge in [0.1, 0.15) is 4.60 Å². The van der Waals surface area contributed by atoms with Crippen molar-refractivity contribution in [3.63, 3.8) is 0 Å². The van der Waals surface area contributed by atoms with Crippen molar-refractivity contribution in [1.82, 2.24) is 4.98 Å². The monoisotopic (exact) mass is 361 g/mol. The fraction of sp³-hybridized carbons (Fsp3) is 0.0625. The fourth-order valence-electron chi connectivity index (χ4n) is 1.60. The molecule has 0 unspecified atom stereocenters. The van der Waals surface area contributed by atoms with Crippen LogP contribution in [0.5, 0.6) is 5.75 Å². The molecule has 0 atom stereocenters. The summed E-state index contributed by atoms with van der Waals surface area (Å²) < 4.78 is 10.2. The highest BCUT2D eigenvalue weighted by molar-refractivity contribution is 9.10. The van der Waals surface area contributed by atoms with Gasteiger partial charge in [0.25, 0.3) is 0 Å².